The summed E-state index contributed by atoms with van der Waals surface area (Å²) < 4.78 is 245. The van der Waals surface area contributed by atoms with E-state index in [0.29, 0.717) is 108 Å². The summed E-state index contributed by atoms with van der Waals surface area (Å²) in [6.07, 6.45) is -16.9. The SMILES string of the molecule is C=S(C)(=O)N[C@@H]1CCCN(C(=O)c2ccc(-c3noc(C(F)(F)F)c3C)s2)C1.C=S(C)(=O)N[C@H]1CCCN(C(=O)c2ccc(-c3noc(C(F)(F)F)c3C)s2)C1.Cc1c(-c2ccc(C(=O)N3CCN(C)C[C@@H]3C)s2)noc1C(F)(F)F.Cc1c(-c2ccc(C(=O)N3CCN(C)C[C@@H]3CO)s2)noc1C(F)(F)F.Cc1c(-c2ccc(C(=O)N3CCN(C)C[C@H]3C)s2)noc1C(F)(F)F. The molecule has 132 heavy (non-hydrogen) atoms. The smallest absolute Gasteiger partial charge is 0.394 e. The van der Waals surface area contributed by atoms with Gasteiger partial charge in [-0.25, -0.2) is 9.44 Å². The van der Waals surface area contributed by atoms with Crippen LogP contribution < -0.4 is 9.44 Å². The highest BCUT2D eigenvalue weighted by atomic mass is 32.2. The molecule has 722 valence electrons. The molecule has 0 spiro atoms. The minimum absolute atomic E-state index is 0.0682. The molecular weight excluding hydrogens is 1910 g/mol. The van der Waals surface area contributed by atoms with Crippen molar-refractivity contribution in [2.24, 2.45) is 0 Å². The van der Waals surface area contributed by atoms with Gasteiger partial charge in [0.2, 0.25) is 28.8 Å². The Morgan fingerprint density at radius 2 is 0.621 bits per heavy atom. The molecule has 0 aromatic carbocycles. The van der Waals surface area contributed by atoms with Crippen LogP contribution in [0.15, 0.2) is 83.3 Å². The molecule has 5 aliphatic rings. The fraction of sp³-hybridized carbons (Fsp3) is 0.488. The van der Waals surface area contributed by atoms with Crippen molar-refractivity contribution in [2.45, 2.75) is 135 Å². The molecular formula is C82H94F15N15O13S7. The summed E-state index contributed by atoms with van der Waals surface area (Å²) in [6, 6.07) is 15.5. The number of aliphatic hydroxyl groups is 1. The number of aliphatic hydroxyl groups excluding tert-OH is 1. The first kappa shape index (κ1) is 103. The van der Waals surface area contributed by atoms with Gasteiger partial charge in [-0.1, -0.05) is 25.8 Å². The Hall–Kier alpha value is -9.35. The van der Waals surface area contributed by atoms with E-state index in [-0.39, 0.29) is 123 Å². The van der Waals surface area contributed by atoms with E-state index < -0.39 is 79.1 Å². The maximum Gasteiger partial charge on any atom is 0.452 e. The molecule has 5 amide bonds. The lowest BCUT2D eigenvalue weighted by Crippen LogP contribution is -2.55. The highest BCUT2D eigenvalue weighted by molar-refractivity contribution is 7.98. The molecule has 5 aliphatic heterocycles. The summed E-state index contributed by atoms with van der Waals surface area (Å²) in [7, 11) is 1.17. The van der Waals surface area contributed by atoms with Gasteiger partial charge < -0.3 is 66.9 Å². The molecule has 5 saturated heterocycles. The second kappa shape index (κ2) is 41.5. The Labute approximate surface area is 768 Å². The first-order valence-electron chi connectivity index (χ1n) is 40.5. The number of piperidine rings is 2. The third kappa shape index (κ3) is 25.2. The van der Waals surface area contributed by atoms with Crippen molar-refractivity contribution < 1.29 is 126 Å². The lowest BCUT2D eigenvalue weighted by Gasteiger charge is -2.38. The Balaban J connectivity index is 0.000000159. The Morgan fingerprint density at radius 3 is 0.848 bits per heavy atom. The summed E-state index contributed by atoms with van der Waals surface area (Å²) in [5.41, 5.74) is 0.0417. The lowest BCUT2D eigenvalue weighted by molar-refractivity contribution is -0.156. The predicted molar refractivity (Wildman–Crippen MR) is 470 cm³/mol. The van der Waals surface area contributed by atoms with Crippen LogP contribution in [0, 0.1) is 34.6 Å². The molecule has 10 aromatic rings. The third-order valence-corrected chi connectivity index (χ3v) is 28.8. The quantitative estimate of drug-likeness (QED) is 0.0634. The minimum atomic E-state index is -4.62. The van der Waals surface area contributed by atoms with Crippen LogP contribution in [0.25, 0.3) is 52.9 Å². The number of aromatic nitrogens is 5. The normalized spacial score (nSPS) is 19.7. The van der Waals surface area contributed by atoms with Crippen LogP contribution in [0.4, 0.5) is 65.9 Å². The number of likely N-dealkylation sites (tertiary alicyclic amines) is 2. The summed E-state index contributed by atoms with van der Waals surface area (Å²) in [4.78, 5) is 83.1. The van der Waals surface area contributed by atoms with E-state index in [2.05, 4.69) is 79.4 Å². The number of rotatable bonds is 15. The van der Waals surface area contributed by atoms with Crippen LogP contribution in [0.2, 0.25) is 0 Å². The van der Waals surface area contributed by atoms with Crippen LogP contribution >= 0.6 is 56.7 Å². The predicted octanol–water partition coefficient (Wildman–Crippen LogP) is 15.9. The number of alkyl halides is 15. The third-order valence-electron chi connectivity index (χ3n) is 21.7. The number of hydrogen-bond acceptors (Lipinski definition) is 26. The molecule has 2 unspecified atom stereocenters. The maximum atomic E-state index is 12.9. The summed E-state index contributed by atoms with van der Waals surface area (Å²) in [5.74, 6) is 0.669. The Morgan fingerprint density at radius 1 is 0.386 bits per heavy atom. The molecule has 15 rings (SSSR count). The molecule has 0 bridgehead atoms. The van der Waals surface area contributed by atoms with Gasteiger partial charge in [0, 0.05) is 169 Å². The molecule has 3 N–H and O–H groups in total. The highest BCUT2D eigenvalue weighted by Crippen LogP contribution is 2.45. The van der Waals surface area contributed by atoms with Gasteiger partial charge in [0.1, 0.15) is 28.5 Å². The molecule has 15 heterocycles. The van der Waals surface area contributed by atoms with Crippen molar-refractivity contribution in [1.82, 2.24) is 74.4 Å². The fourth-order valence-corrected chi connectivity index (χ4v) is 22.1. The molecule has 50 heteroatoms. The largest absolute Gasteiger partial charge is 0.452 e. The van der Waals surface area contributed by atoms with Crippen molar-refractivity contribution in [3.63, 3.8) is 0 Å². The second-order valence-electron chi connectivity index (χ2n) is 32.5. The number of carbonyl (C=O) groups is 5. The average molecular weight is 2010 g/mol. The summed E-state index contributed by atoms with van der Waals surface area (Å²) >= 11 is 5.47. The van der Waals surface area contributed by atoms with Gasteiger partial charge in [-0.2, -0.15) is 65.9 Å². The van der Waals surface area contributed by atoms with Gasteiger partial charge in [-0.3, -0.25) is 32.4 Å². The number of hydrogen-bond donors (Lipinski definition) is 3. The number of likely N-dealkylation sites (N-methyl/N-ethyl adjacent to an activating group) is 3. The van der Waals surface area contributed by atoms with E-state index in [1.807, 2.05) is 39.9 Å². The molecule has 0 radical (unpaired) electrons. The van der Waals surface area contributed by atoms with Gasteiger partial charge in [0.05, 0.1) is 61.4 Å². The number of piperazine rings is 3. The average Bonchev–Trinajstić information content (AvgIpc) is 1.66. The number of nitrogens with one attached hydrogen (secondary N) is 2. The Kier molecular flexibility index (Phi) is 32.4. The van der Waals surface area contributed by atoms with Crippen LogP contribution in [0.5, 0.6) is 0 Å². The van der Waals surface area contributed by atoms with Crippen LogP contribution in [0.1, 0.15) is 145 Å². The molecule has 5 fully saturated rings. The molecule has 10 aromatic heterocycles. The number of thiophene rings is 5. The lowest BCUT2D eigenvalue weighted by atomic mass is 10.1. The first-order chi connectivity index (χ1) is 61.5. The second-order valence-corrected chi connectivity index (χ2v) is 42.4. The molecule has 7 atom stereocenters. The van der Waals surface area contributed by atoms with Crippen LogP contribution in [-0.4, -0.2) is 275 Å². The monoisotopic (exact) mass is 2010 g/mol. The molecule has 0 saturated carbocycles. The minimum Gasteiger partial charge on any atom is -0.394 e. The van der Waals surface area contributed by atoms with Crippen LogP contribution in [-0.2, 0) is 50.3 Å². The van der Waals surface area contributed by atoms with Crippen molar-refractivity contribution in [3.8, 4) is 52.9 Å². The topological polar surface area (TPSA) is 320 Å². The van der Waals surface area contributed by atoms with Crippen LogP contribution in [0.3, 0.4) is 0 Å². The molecule has 0 aliphatic carbocycles. The number of amides is 5. The first-order valence-corrected chi connectivity index (χ1v) is 48.9. The maximum absolute atomic E-state index is 12.9. The highest BCUT2D eigenvalue weighted by Gasteiger charge is 2.45. The van der Waals surface area contributed by atoms with E-state index in [4.69, 9.17) is 0 Å². The van der Waals surface area contributed by atoms with E-state index in [9.17, 15) is 103 Å². The molecule has 28 nitrogen and oxygen atoms in total. The van der Waals surface area contributed by atoms with Gasteiger partial charge in [0.25, 0.3) is 29.5 Å². The van der Waals surface area contributed by atoms with Gasteiger partial charge in [0.15, 0.2) is 0 Å². The fourth-order valence-electron chi connectivity index (χ4n) is 15.3. The number of carbonyl (C=O) groups excluding carboxylic acids is 5. The van der Waals surface area contributed by atoms with Crippen molar-refractivity contribution in [2.75, 3.05) is 125 Å². The van der Waals surface area contributed by atoms with E-state index >= 15 is 0 Å². The van der Waals surface area contributed by atoms with Gasteiger partial charge in [-0.15, -0.1) is 56.7 Å². The number of halogens is 15. The number of nitrogens with zero attached hydrogens (tertiary/aromatic N) is 13. The van der Waals surface area contributed by atoms with Crippen molar-refractivity contribution in [1.29, 1.82) is 0 Å². The van der Waals surface area contributed by atoms with Gasteiger partial charge in [-0.05, 0) is 168 Å². The van der Waals surface area contributed by atoms with E-state index in [1.54, 1.807) is 85.2 Å². The van der Waals surface area contributed by atoms with E-state index in [1.165, 1.54) is 47.1 Å². The zero-order valence-electron chi connectivity index (χ0n) is 73.0. The van der Waals surface area contributed by atoms with Gasteiger partial charge >= 0.3 is 30.9 Å². The Bertz CT molecular complexity index is 5690. The zero-order chi connectivity index (χ0) is 97.1. The van der Waals surface area contributed by atoms with E-state index in [0.717, 1.165) is 109 Å². The summed E-state index contributed by atoms with van der Waals surface area (Å²) in [6.45, 7) is 18.4. The van der Waals surface area contributed by atoms with Crippen molar-refractivity contribution >= 4 is 117 Å². The summed E-state index contributed by atoms with van der Waals surface area (Å²) in [5, 5.41) is 27.2. The standard InChI is InChI=1S/2C17H20F3N3O3S2.C16H18F3N3O3S.2C16H18F3N3O2S/c2*1-10-14(21-26-15(10)17(18,19)20)12-6-7-13(27-12)16(24)23-8-4-5-11(9-23)22-28(2,3)25;1-9-13(20-25-14(9)16(17,18)19)11-3-4-12(26-11)15(24)22-6-5-21(2)7-10(22)8-23;2*1-9-8-21(3)6-7-22(9)15(23)12-5-4-11(25-12)13-10(2)14(24-20-13)16(17,18)19/h2*6-7,11H,2,4-5,8-9H2,1,3H3,(H,22,25);3-4,10,23H,5-8H2,1-2H3;2*4-5,9H,6-8H2,1-3H3/t2*11-,28?;10-;2*9-/m10110/s1. The van der Waals surface area contributed by atoms with Crippen molar-refractivity contribution in [3.05, 3.63) is 142 Å². The zero-order valence-corrected chi connectivity index (χ0v) is 78.7.